The van der Waals surface area contributed by atoms with Crippen molar-refractivity contribution in [3.05, 3.63) is 28.8 Å². The molecule has 86 valence electrons. The van der Waals surface area contributed by atoms with E-state index in [1.807, 2.05) is 26.0 Å². The van der Waals surface area contributed by atoms with Crippen molar-refractivity contribution in [2.24, 2.45) is 0 Å². The van der Waals surface area contributed by atoms with Crippen molar-refractivity contribution in [3.63, 3.8) is 0 Å². The number of benzene rings is 1. The van der Waals surface area contributed by atoms with Gasteiger partial charge in [0.1, 0.15) is 5.75 Å². The van der Waals surface area contributed by atoms with E-state index in [1.165, 1.54) is 0 Å². The maximum Gasteiger partial charge on any atom is 0.284 e. The zero-order valence-electron chi connectivity index (χ0n) is 9.66. The van der Waals surface area contributed by atoms with Gasteiger partial charge in [-0.1, -0.05) is 12.1 Å². The minimum absolute atomic E-state index is 0.267. The molecule has 0 saturated heterocycles. The van der Waals surface area contributed by atoms with Gasteiger partial charge in [0.05, 0.1) is 7.11 Å². The van der Waals surface area contributed by atoms with Crippen molar-refractivity contribution in [1.82, 2.24) is 5.32 Å². The fourth-order valence-electron chi connectivity index (χ4n) is 1.69. The number of carbonyl (C=O) groups excluding carboxylic acids is 2. The highest BCUT2D eigenvalue weighted by Gasteiger charge is 2.05. The van der Waals surface area contributed by atoms with Crippen LogP contribution in [-0.2, 0) is 16.1 Å². The second-order valence-corrected chi connectivity index (χ2v) is 3.60. The smallest absolute Gasteiger partial charge is 0.284 e. The van der Waals surface area contributed by atoms with Gasteiger partial charge in [0, 0.05) is 6.54 Å². The first kappa shape index (κ1) is 12.2. The molecule has 0 saturated carbocycles. The van der Waals surface area contributed by atoms with E-state index in [4.69, 9.17) is 4.74 Å². The summed E-state index contributed by atoms with van der Waals surface area (Å²) < 4.78 is 5.23. The molecule has 0 fully saturated rings. The van der Waals surface area contributed by atoms with Crippen molar-refractivity contribution < 1.29 is 14.3 Å². The lowest BCUT2D eigenvalue weighted by atomic mass is 10.1. The van der Waals surface area contributed by atoms with Gasteiger partial charge in [0.25, 0.3) is 5.91 Å². The van der Waals surface area contributed by atoms with E-state index in [-0.39, 0.29) is 6.29 Å². The highest BCUT2D eigenvalue weighted by molar-refractivity contribution is 6.23. The maximum absolute atomic E-state index is 10.8. The summed E-state index contributed by atoms with van der Waals surface area (Å²) in [6.07, 6.45) is 0.267. The summed E-state index contributed by atoms with van der Waals surface area (Å²) in [6.45, 7) is 4.23. The van der Waals surface area contributed by atoms with Crippen molar-refractivity contribution in [2.45, 2.75) is 20.4 Å². The van der Waals surface area contributed by atoms with Crippen LogP contribution in [0.15, 0.2) is 12.1 Å². The molecular formula is C12H15NO3. The molecule has 4 heteroatoms. The van der Waals surface area contributed by atoms with Gasteiger partial charge < -0.3 is 10.1 Å². The molecule has 0 atom stereocenters. The highest BCUT2D eigenvalue weighted by Crippen LogP contribution is 2.24. The quantitative estimate of drug-likeness (QED) is 0.612. The predicted octanol–water partition coefficient (Wildman–Crippen LogP) is 1.13. The number of nitrogens with one attached hydrogen (secondary N) is 1. The van der Waals surface area contributed by atoms with Crippen LogP contribution in [0.3, 0.4) is 0 Å². The molecule has 0 heterocycles. The van der Waals surface area contributed by atoms with Gasteiger partial charge in [-0.15, -0.1) is 0 Å². The summed E-state index contributed by atoms with van der Waals surface area (Å²) >= 11 is 0. The molecule has 0 aliphatic carbocycles. The third-order valence-corrected chi connectivity index (χ3v) is 2.30. The van der Waals surface area contributed by atoms with E-state index >= 15 is 0 Å². The fraction of sp³-hybridized carbons (Fsp3) is 0.333. The molecule has 1 amide bonds. The maximum atomic E-state index is 10.8. The summed E-state index contributed by atoms with van der Waals surface area (Å²) in [6, 6.07) is 3.85. The Hall–Kier alpha value is -1.84. The summed E-state index contributed by atoms with van der Waals surface area (Å²) in [4.78, 5) is 20.9. The average Bonchev–Trinajstić information content (AvgIpc) is 2.25. The van der Waals surface area contributed by atoms with Crippen LogP contribution in [0.1, 0.15) is 16.7 Å². The number of ether oxygens (including phenoxy) is 1. The molecule has 0 aliphatic heterocycles. The van der Waals surface area contributed by atoms with E-state index in [1.54, 1.807) is 7.11 Å². The van der Waals surface area contributed by atoms with E-state index in [9.17, 15) is 9.59 Å². The van der Waals surface area contributed by atoms with Gasteiger partial charge >= 0.3 is 0 Å². The lowest BCUT2D eigenvalue weighted by Gasteiger charge is -2.11. The number of methoxy groups -OCH3 is 1. The number of hydrogen-bond acceptors (Lipinski definition) is 3. The zero-order valence-corrected chi connectivity index (χ0v) is 9.66. The minimum atomic E-state index is -0.605. The predicted molar refractivity (Wildman–Crippen MR) is 60.4 cm³/mol. The topological polar surface area (TPSA) is 55.4 Å². The molecule has 0 bridgehead atoms. The van der Waals surface area contributed by atoms with E-state index in [2.05, 4.69) is 5.32 Å². The molecule has 0 aromatic heterocycles. The molecule has 1 aromatic carbocycles. The summed E-state index contributed by atoms with van der Waals surface area (Å²) in [5, 5.41) is 2.49. The van der Waals surface area contributed by atoms with Crippen molar-refractivity contribution >= 4 is 12.2 Å². The monoisotopic (exact) mass is 221 g/mol. The number of aryl methyl sites for hydroxylation is 2. The Labute approximate surface area is 94.6 Å². The summed E-state index contributed by atoms with van der Waals surface area (Å²) in [5.41, 5.74) is 2.97. The SMILES string of the molecule is COc1c(C)cc(CNC(=O)C=O)cc1C. The van der Waals surface area contributed by atoms with Crippen molar-refractivity contribution in [1.29, 1.82) is 0 Å². The first-order valence-corrected chi connectivity index (χ1v) is 4.95. The number of hydrogen-bond donors (Lipinski definition) is 1. The Morgan fingerprint density at radius 2 is 1.94 bits per heavy atom. The molecule has 0 unspecified atom stereocenters. The highest BCUT2D eigenvalue weighted by atomic mass is 16.5. The van der Waals surface area contributed by atoms with Gasteiger partial charge in [-0.2, -0.15) is 0 Å². The van der Waals surface area contributed by atoms with Crippen LogP contribution in [0, 0.1) is 13.8 Å². The van der Waals surface area contributed by atoms with Crippen LogP contribution >= 0.6 is 0 Å². The molecule has 4 nitrogen and oxygen atoms in total. The van der Waals surface area contributed by atoms with Gasteiger partial charge in [-0.25, -0.2) is 0 Å². The van der Waals surface area contributed by atoms with Crippen LogP contribution in [0.4, 0.5) is 0 Å². The first-order chi connectivity index (χ1) is 7.58. The average molecular weight is 221 g/mol. The number of rotatable bonds is 4. The van der Waals surface area contributed by atoms with Crippen LogP contribution in [0.2, 0.25) is 0 Å². The Bertz CT molecular complexity index is 390. The number of amides is 1. The van der Waals surface area contributed by atoms with Crippen molar-refractivity contribution in [3.8, 4) is 5.75 Å². The Morgan fingerprint density at radius 1 is 1.38 bits per heavy atom. The lowest BCUT2D eigenvalue weighted by molar-refractivity contribution is -0.131. The number of carbonyl (C=O) groups is 2. The molecule has 0 aliphatic rings. The normalized spacial score (nSPS) is 9.69. The van der Waals surface area contributed by atoms with Crippen LogP contribution in [0.5, 0.6) is 5.75 Å². The summed E-state index contributed by atoms with van der Waals surface area (Å²) in [7, 11) is 1.63. The lowest BCUT2D eigenvalue weighted by Crippen LogP contribution is -2.23. The zero-order chi connectivity index (χ0) is 12.1. The Morgan fingerprint density at radius 3 is 2.38 bits per heavy atom. The van der Waals surface area contributed by atoms with Gasteiger partial charge in [0.2, 0.25) is 6.29 Å². The Kier molecular flexibility index (Phi) is 4.05. The molecule has 16 heavy (non-hydrogen) atoms. The molecule has 1 N–H and O–H groups in total. The van der Waals surface area contributed by atoms with Crippen LogP contribution < -0.4 is 10.1 Å². The first-order valence-electron chi connectivity index (χ1n) is 4.95. The van der Waals surface area contributed by atoms with Gasteiger partial charge in [-0.3, -0.25) is 9.59 Å². The van der Waals surface area contributed by atoms with E-state index in [0.717, 1.165) is 22.4 Å². The summed E-state index contributed by atoms with van der Waals surface area (Å²) in [5.74, 6) is 0.247. The number of aldehydes is 1. The standard InChI is InChI=1S/C12H15NO3/c1-8-4-10(6-13-11(15)7-14)5-9(2)12(8)16-3/h4-5,7H,6H2,1-3H3,(H,13,15). The Balaban J connectivity index is 2.83. The fourth-order valence-corrected chi connectivity index (χ4v) is 1.69. The van der Waals surface area contributed by atoms with Crippen LogP contribution in [0.25, 0.3) is 0 Å². The second kappa shape index (κ2) is 5.30. The van der Waals surface area contributed by atoms with E-state index in [0.29, 0.717) is 6.54 Å². The van der Waals surface area contributed by atoms with Crippen molar-refractivity contribution in [2.75, 3.05) is 7.11 Å². The molecule has 1 aromatic rings. The molecule has 0 radical (unpaired) electrons. The van der Waals surface area contributed by atoms with Gasteiger partial charge in [-0.05, 0) is 30.5 Å². The molecule has 1 rings (SSSR count). The second-order valence-electron chi connectivity index (χ2n) is 3.60. The van der Waals surface area contributed by atoms with Gasteiger partial charge in [0.15, 0.2) is 0 Å². The third-order valence-electron chi connectivity index (χ3n) is 2.30. The van der Waals surface area contributed by atoms with E-state index < -0.39 is 5.91 Å². The minimum Gasteiger partial charge on any atom is -0.496 e. The largest absolute Gasteiger partial charge is 0.496 e. The molecular weight excluding hydrogens is 206 g/mol. The third kappa shape index (κ3) is 2.82. The van der Waals surface area contributed by atoms with Crippen LogP contribution in [-0.4, -0.2) is 19.3 Å². The molecule has 0 spiro atoms.